The van der Waals surface area contributed by atoms with Crippen molar-refractivity contribution in [1.82, 2.24) is 15.5 Å². The second kappa shape index (κ2) is 8.19. The van der Waals surface area contributed by atoms with Crippen LogP contribution in [-0.4, -0.2) is 50.6 Å². The number of nitrogens with zero attached hydrogens (tertiary/aromatic N) is 1. The number of amides is 1. The molecule has 0 radical (unpaired) electrons. The van der Waals surface area contributed by atoms with E-state index in [2.05, 4.69) is 21.6 Å². The van der Waals surface area contributed by atoms with Gasteiger partial charge < -0.3 is 20.3 Å². The molecule has 1 heterocycles. The molecule has 5 heteroatoms. The molecule has 2 fully saturated rings. The first-order valence-corrected chi connectivity index (χ1v) is 9.42. The number of carbonyl (C=O) groups excluding carboxylic acids is 1. The number of carbonyl (C=O) groups is 1. The van der Waals surface area contributed by atoms with Crippen LogP contribution in [0.1, 0.15) is 43.7 Å². The SMILES string of the molecule is COc1cccc(C(CNC(=O)C2CC3CCCCC3N2)N(C)C)c1. The van der Waals surface area contributed by atoms with Crippen LogP contribution in [0.4, 0.5) is 0 Å². The fourth-order valence-corrected chi connectivity index (χ4v) is 4.29. The molecule has 1 saturated carbocycles. The maximum Gasteiger partial charge on any atom is 0.237 e. The lowest BCUT2D eigenvalue weighted by molar-refractivity contribution is -0.123. The van der Waals surface area contributed by atoms with Crippen LogP contribution in [0.15, 0.2) is 24.3 Å². The normalized spacial score (nSPS) is 27.0. The second-order valence-electron chi connectivity index (χ2n) is 7.61. The Hall–Kier alpha value is -1.59. The summed E-state index contributed by atoms with van der Waals surface area (Å²) >= 11 is 0. The Balaban J connectivity index is 1.58. The van der Waals surface area contributed by atoms with Gasteiger partial charge in [-0.05, 0) is 57.0 Å². The molecular weight excluding hydrogens is 314 g/mol. The van der Waals surface area contributed by atoms with Gasteiger partial charge in [-0.1, -0.05) is 25.0 Å². The van der Waals surface area contributed by atoms with Crippen LogP contribution in [-0.2, 0) is 4.79 Å². The van der Waals surface area contributed by atoms with E-state index in [1.165, 1.54) is 25.7 Å². The highest BCUT2D eigenvalue weighted by Crippen LogP contribution is 2.33. The molecule has 2 N–H and O–H groups in total. The van der Waals surface area contributed by atoms with Crippen molar-refractivity contribution in [3.05, 3.63) is 29.8 Å². The lowest BCUT2D eigenvalue weighted by atomic mass is 9.85. The fraction of sp³-hybridized carbons (Fsp3) is 0.650. The monoisotopic (exact) mass is 345 g/mol. The molecule has 0 spiro atoms. The predicted octanol–water partition coefficient (Wildman–Crippen LogP) is 2.33. The molecule has 1 amide bonds. The summed E-state index contributed by atoms with van der Waals surface area (Å²) in [7, 11) is 5.76. The molecule has 5 nitrogen and oxygen atoms in total. The standard InChI is InChI=1S/C20H31N3O2/c1-23(2)19(15-8-6-9-16(11-15)25-3)13-21-20(24)18-12-14-7-4-5-10-17(14)22-18/h6,8-9,11,14,17-19,22H,4-5,7,10,12-13H2,1-3H3,(H,21,24). The number of nitrogens with one attached hydrogen (secondary N) is 2. The van der Waals surface area contributed by atoms with Crippen LogP contribution in [0.2, 0.25) is 0 Å². The van der Waals surface area contributed by atoms with Gasteiger partial charge in [-0.2, -0.15) is 0 Å². The lowest BCUT2D eigenvalue weighted by Crippen LogP contribution is -2.45. The molecule has 25 heavy (non-hydrogen) atoms. The summed E-state index contributed by atoms with van der Waals surface area (Å²) < 4.78 is 5.33. The van der Waals surface area contributed by atoms with E-state index in [-0.39, 0.29) is 18.0 Å². The zero-order chi connectivity index (χ0) is 17.8. The molecule has 1 aromatic carbocycles. The van der Waals surface area contributed by atoms with Crippen molar-refractivity contribution < 1.29 is 9.53 Å². The van der Waals surface area contributed by atoms with Crippen LogP contribution in [0.3, 0.4) is 0 Å². The molecule has 1 saturated heterocycles. The fourth-order valence-electron chi connectivity index (χ4n) is 4.29. The van der Waals surface area contributed by atoms with Crippen molar-refractivity contribution in [2.24, 2.45) is 5.92 Å². The summed E-state index contributed by atoms with van der Waals surface area (Å²) in [5.74, 6) is 1.67. The first kappa shape index (κ1) is 18.2. The van der Waals surface area contributed by atoms with Crippen LogP contribution < -0.4 is 15.4 Å². The van der Waals surface area contributed by atoms with Crippen molar-refractivity contribution in [2.45, 2.75) is 50.2 Å². The molecule has 1 aliphatic heterocycles. The number of fused-ring (bicyclic) bond motifs is 1. The van der Waals surface area contributed by atoms with E-state index in [1.807, 2.05) is 32.3 Å². The van der Waals surface area contributed by atoms with Gasteiger partial charge in [0.25, 0.3) is 0 Å². The Labute approximate surface area is 151 Å². The molecule has 1 aliphatic carbocycles. The average Bonchev–Trinajstić information content (AvgIpc) is 3.06. The van der Waals surface area contributed by atoms with Crippen LogP contribution in [0.5, 0.6) is 5.75 Å². The Bertz CT molecular complexity index is 576. The largest absolute Gasteiger partial charge is 0.497 e. The van der Waals surface area contributed by atoms with Gasteiger partial charge >= 0.3 is 0 Å². The van der Waals surface area contributed by atoms with Crippen molar-refractivity contribution >= 4 is 5.91 Å². The number of benzene rings is 1. The number of rotatable bonds is 6. The average molecular weight is 345 g/mol. The van der Waals surface area contributed by atoms with Gasteiger partial charge in [0.15, 0.2) is 0 Å². The summed E-state index contributed by atoms with van der Waals surface area (Å²) in [5, 5.41) is 6.73. The number of methoxy groups -OCH3 is 1. The van der Waals surface area contributed by atoms with E-state index in [4.69, 9.17) is 4.74 Å². The minimum Gasteiger partial charge on any atom is -0.497 e. The quantitative estimate of drug-likeness (QED) is 0.831. The molecule has 0 aromatic heterocycles. The predicted molar refractivity (Wildman–Crippen MR) is 99.7 cm³/mol. The number of hydrogen-bond acceptors (Lipinski definition) is 4. The van der Waals surface area contributed by atoms with Crippen molar-refractivity contribution in [2.75, 3.05) is 27.7 Å². The van der Waals surface area contributed by atoms with E-state index < -0.39 is 0 Å². The second-order valence-corrected chi connectivity index (χ2v) is 7.61. The van der Waals surface area contributed by atoms with E-state index >= 15 is 0 Å². The molecule has 2 aliphatic rings. The molecule has 1 aromatic rings. The highest BCUT2D eigenvalue weighted by molar-refractivity contribution is 5.82. The molecule has 4 unspecified atom stereocenters. The van der Waals surface area contributed by atoms with Crippen molar-refractivity contribution in [3.8, 4) is 5.75 Å². The Kier molecular flexibility index (Phi) is 5.97. The van der Waals surface area contributed by atoms with Gasteiger partial charge in [0.2, 0.25) is 5.91 Å². The molecule has 4 atom stereocenters. The van der Waals surface area contributed by atoms with Crippen LogP contribution >= 0.6 is 0 Å². The van der Waals surface area contributed by atoms with Gasteiger partial charge in [-0.3, -0.25) is 4.79 Å². The Morgan fingerprint density at radius 3 is 2.88 bits per heavy atom. The van der Waals surface area contributed by atoms with Gasteiger partial charge in [0.1, 0.15) is 5.75 Å². The van der Waals surface area contributed by atoms with E-state index in [1.54, 1.807) is 7.11 Å². The number of hydrogen-bond donors (Lipinski definition) is 2. The highest BCUT2D eigenvalue weighted by Gasteiger charge is 2.38. The third-order valence-electron chi connectivity index (χ3n) is 5.75. The van der Waals surface area contributed by atoms with Gasteiger partial charge in [0.05, 0.1) is 19.2 Å². The third-order valence-corrected chi connectivity index (χ3v) is 5.75. The van der Waals surface area contributed by atoms with Crippen LogP contribution in [0, 0.1) is 5.92 Å². The van der Waals surface area contributed by atoms with Gasteiger partial charge in [0, 0.05) is 12.6 Å². The number of ether oxygens (including phenoxy) is 1. The molecular formula is C20H31N3O2. The summed E-state index contributed by atoms with van der Waals surface area (Å²) in [6, 6.07) is 8.71. The first-order chi connectivity index (χ1) is 12.1. The van der Waals surface area contributed by atoms with Gasteiger partial charge in [-0.25, -0.2) is 0 Å². The minimum atomic E-state index is -0.0266. The maximum atomic E-state index is 12.7. The summed E-state index contributed by atoms with van der Waals surface area (Å²) in [4.78, 5) is 14.8. The smallest absolute Gasteiger partial charge is 0.237 e. The number of likely N-dealkylation sites (N-methyl/N-ethyl adjacent to an activating group) is 1. The maximum absolute atomic E-state index is 12.7. The third kappa shape index (κ3) is 4.33. The summed E-state index contributed by atoms with van der Waals surface area (Å²) in [6.45, 7) is 0.604. The Morgan fingerprint density at radius 2 is 2.16 bits per heavy atom. The lowest BCUT2D eigenvalue weighted by Gasteiger charge is -2.26. The highest BCUT2D eigenvalue weighted by atomic mass is 16.5. The van der Waals surface area contributed by atoms with Crippen molar-refractivity contribution in [3.63, 3.8) is 0 Å². The minimum absolute atomic E-state index is 0.0266. The Morgan fingerprint density at radius 1 is 1.36 bits per heavy atom. The first-order valence-electron chi connectivity index (χ1n) is 9.42. The summed E-state index contributed by atoms with van der Waals surface area (Å²) in [5.41, 5.74) is 1.15. The van der Waals surface area contributed by atoms with Crippen molar-refractivity contribution in [1.29, 1.82) is 0 Å². The van der Waals surface area contributed by atoms with Crippen LogP contribution in [0.25, 0.3) is 0 Å². The van der Waals surface area contributed by atoms with E-state index in [0.29, 0.717) is 18.5 Å². The summed E-state index contributed by atoms with van der Waals surface area (Å²) in [6.07, 6.45) is 6.09. The topological polar surface area (TPSA) is 53.6 Å². The zero-order valence-corrected chi connectivity index (χ0v) is 15.6. The van der Waals surface area contributed by atoms with E-state index in [9.17, 15) is 4.79 Å². The molecule has 138 valence electrons. The van der Waals surface area contributed by atoms with E-state index in [0.717, 1.165) is 17.7 Å². The zero-order valence-electron chi connectivity index (χ0n) is 15.6. The van der Waals surface area contributed by atoms with Gasteiger partial charge in [-0.15, -0.1) is 0 Å². The molecule has 3 rings (SSSR count). The molecule has 0 bridgehead atoms.